The first-order valence-corrected chi connectivity index (χ1v) is 6.67. The maximum absolute atomic E-state index is 6.03. The highest BCUT2D eigenvalue weighted by Gasteiger charge is 2.23. The summed E-state index contributed by atoms with van der Waals surface area (Å²) in [5, 5.41) is 0. The van der Waals surface area contributed by atoms with Crippen LogP contribution in [-0.2, 0) is 9.47 Å². The van der Waals surface area contributed by atoms with Crippen LogP contribution in [0.2, 0.25) is 0 Å². The first-order chi connectivity index (χ1) is 7.94. The van der Waals surface area contributed by atoms with Gasteiger partial charge < -0.3 is 15.2 Å². The molecule has 0 aromatic rings. The minimum Gasteiger partial charge on any atom is -0.377 e. The number of hydrogen-bond donors (Lipinski definition) is 1. The van der Waals surface area contributed by atoms with Gasteiger partial charge in [0, 0.05) is 24.7 Å². The minimum absolute atomic E-state index is 0.193. The summed E-state index contributed by atoms with van der Waals surface area (Å²) < 4.78 is 11.4. The number of hydrogen-bond acceptors (Lipinski definition) is 4. The molecular formula is C13H28N2O2. The molecule has 17 heavy (non-hydrogen) atoms. The van der Waals surface area contributed by atoms with E-state index >= 15 is 0 Å². The van der Waals surface area contributed by atoms with Crippen LogP contribution in [-0.4, -0.2) is 55.5 Å². The molecule has 1 aliphatic heterocycles. The predicted molar refractivity (Wildman–Crippen MR) is 70.2 cm³/mol. The van der Waals surface area contributed by atoms with Crippen LogP contribution in [0.4, 0.5) is 0 Å². The Labute approximate surface area is 105 Å². The SMILES string of the molecule is CCC(C)(N)COCC1CN(C(C)C)CCO1. The number of nitrogens with two attached hydrogens (primary N) is 1. The lowest BCUT2D eigenvalue weighted by Crippen LogP contribution is -2.48. The van der Waals surface area contributed by atoms with Crippen LogP contribution in [0, 0.1) is 0 Å². The van der Waals surface area contributed by atoms with E-state index < -0.39 is 0 Å². The van der Waals surface area contributed by atoms with Crippen LogP contribution >= 0.6 is 0 Å². The molecule has 102 valence electrons. The van der Waals surface area contributed by atoms with Crippen molar-refractivity contribution in [2.75, 3.05) is 32.9 Å². The van der Waals surface area contributed by atoms with Gasteiger partial charge in [-0.3, -0.25) is 4.90 Å². The van der Waals surface area contributed by atoms with Crippen molar-refractivity contribution in [3.05, 3.63) is 0 Å². The summed E-state index contributed by atoms with van der Waals surface area (Å²) in [6.07, 6.45) is 1.12. The molecule has 1 rings (SSSR count). The fraction of sp³-hybridized carbons (Fsp3) is 1.00. The topological polar surface area (TPSA) is 47.7 Å². The Morgan fingerprint density at radius 3 is 2.82 bits per heavy atom. The maximum Gasteiger partial charge on any atom is 0.0935 e. The van der Waals surface area contributed by atoms with Crippen molar-refractivity contribution in [3.8, 4) is 0 Å². The first kappa shape index (κ1) is 14.9. The van der Waals surface area contributed by atoms with Crippen LogP contribution in [0.1, 0.15) is 34.1 Å². The average molecular weight is 244 g/mol. The fourth-order valence-electron chi connectivity index (χ4n) is 1.84. The van der Waals surface area contributed by atoms with Gasteiger partial charge in [0.2, 0.25) is 0 Å². The third-order valence-electron chi connectivity index (χ3n) is 3.44. The zero-order valence-corrected chi connectivity index (χ0v) is 11.7. The van der Waals surface area contributed by atoms with Crippen molar-refractivity contribution in [3.63, 3.8) is 0 Å². The molecule has 1 aliphatic rings. The second-order valence-corrected chi connectivity index (χ2v) is 5.60. The highest BCUT2D eigenvalue weighted by molar-refractivity contribution is 4.77. The molecule has 0 aromatic carbocycles. The largest absolute Gasteiger partial charge is 0.377 e. The van der Waals surface area contributed by atoms with Gasteiger partial charge in [-0.15, -0.1) is 0 Å². The maximum atomic E-state index is 6.03. The van der Waals surface area contributed by atoms with Gasteiger partial charge in [0.05, 0.1) is 25.9 Å². The summed E-state index contributed by atoms with van der Waals surface area (Å²) in [7, 11) is 0. The third-order valence-corrected chi connectivity index (χ3v) is 3.44. The van der Waals surface area contributed by atoms with Crippen LogP contribution in [0.25, 0.3) is 0 Å². The minimum atomic E-state index is -0.216. The molecule has 0 spiro atoms. The van der Waals surface area contributed by atoms with E-state index in [0.717, 1.165) is 26.1 Å². The second-order valence-electron chi connectivity index (χ2n) is 5.60. The molecule has 2 atom stereocenters. The summed E-state index contributed by atoms with van der Waals surface area (Å²) in [4.78, 5) is 2.43. The van der Waals surface area contributed by atoms with E-state index in [0.29, 0.717) is 19.3 Å². The van der Waals surface area contributed by atoms with Gasteiger partial charge >= 0.3 is 0 Å². The number of rotatable bonds is 6. The van der Waals surface area contributed by atoms with Gasteiger partial charge in [0.25, 0.3) is 0 Å². The molecule has 0 bridgehead atoms. The standard InChI is InChI=1S/C13H28N2O2/c1-5-13(4,14)10-16-9-12-8-15(11(2)3)6-7-17-12/h11-12H,5-10,14H2,1-4H3. The molecule has 0 saturated carbocycles. The van der Waals surface area contributed by atoms with Crippen molar-refractivity contribution in [2.24, 2.45) is 5.73 Å². The first-order valence-electron chi connectivity index (χ1n) is 6.67. The summed E-state index contributed by atoms with van der Waals surface area (Å²) in [5.74, 6) is 0. The highest BCUT2D eigenvalue weighted by Crippen LogP contribution is 2.10. The van der Waals surface area contributed by atoms with E-state index in [1.165, 1.54) is 0 Å². The van der Waals surface area contributed by atoms with E-state index in [-0.39, 0.29) is 11.6 Å². The zero-order chi connectivity index (χ0) is 12.9. The molecule has 0 aliphatic carbocycles. The lowest BCUT2D eigenvalue weighted by atomic mass is 10.0. The van der Waals surface area contributed by atoms with Gasteiger partial charge in [-0.05, 0) is 27.2 Å². The second kappa shape index (κ2) is 6.69. The normalized spacial score (nSPS) is 26.1. The Balaban J connectivity index is 2.23. The fourth-order valence-corrected chi connectivity index (χ4v) is 1.84. The van der Waals surface area contributed by atoms with Crippen molar-refractivity contribution < 1.29 is 9.47 Å². The van der Waals surface area contributed by atoms with Crippen molar-refractivity contribution in [2.45, 2.75) is 51.8 Å². The molecule has 0 radical (unpaired) electrons. The Hall–Kier alpha value is -0.160. The molecule has 1 heterocycles. The molecule has 4 heteroatoms. The highest BCUT2D eigenvalue weighted by atomic mass is 16.5. The molecule has 1 fully saturated rings. The lowest BCUT2D eigenvalue weighted by molar-refractivity contribution is -0.0805. The van der Waals surface area contributed by atoms with E-state index in [2.05, 4.69) is 25.7 Å². The van der Waals surface area contributed by atoms with E-state index in [1.807, 2.05) is 6.92 Å². The smallest absolute Gasteiger partial charge is 0.0935 e. The summed E-state index contributed by atoms with van der Waals surface area (Å²) in [5.41, 5.74) is 5.82. The molecule has 2 unspecified atom stereocenters. The van der Waals surface area contributed by atoms with Crippen LogP contribution in [0.15, 0.2) is 0 Å². The van der Waals surface area contributed by atoms with Crippen molar-refractivity contribution >= 4 is 0 Å². The Bertz CT molecular complexity index is 219. The van der Waals surface area contributed by atoms with Crippen LogP contribution < -0.4 is 5.73 Å². The average Bonchev–Trinajstić information content (AvgIpc) is 2.29. The van der Waals surface area contributed by atoms with Gasteiger partial charge in [-0.2, -0.15) is 0 Å². The van der Waals surface area contributed by atoms with Crippen molar-refractivity contribution in [1.29, 1.82) is 0 Å². The monoisotopic (exact) mass is 244 g/mol. The molecular weight excluding hydrogens is 216 g/mol. The number of ether oxygens (including phenoxy) is 2. The molecule has 4 nitrogen and oxygen atoms in total. The van der Waals surface area contributed by atoms with Gasteiger partial charge in [-0.1, -0.05) is 6.92 Å². The summed E-state index contributed by atoms with van der Waals surface area (Å²) in [6, 6.07) is 0.580. The molecule has 0 amide bonds. The Morgan fingerprint density at radius 2 is 2.24 bits per heavy atom. The van der Waals surface area contributed by atoms with E-state index in [4.69, 9.17) is 15.2 Å². The number of morpholine rings is 1. The van der Waals surface area contributed by atoms with Crippen molar-refractivity contribution in [1.82, 2.24) is 4.90 Å². The van der Waals surface area contributed by atoms with E-state index in [1.54, 1.807) is 0 Å². The third kappa shape index (κ3) is 5.34. The predicted octanol–water partition coefficient (Wildman–Crippen LogP) is 1.24. The molecule has 1 saturated heterocycles. The number of nitrogens with zero attached hydrogens (tertiary/aromatic N) is 1. The van der Waals surface area contributed by atoms with Crippen LogP contribution in [0.3, 0.4) is 0 Å². The molecule has 0 aromatic heterocycles. The quantitative estimate of drug-likeness (QED) is 0.763. The van der Waals surface area contributed by atoms with Gasteiger partial charge in [0.1, 0.15) is 0 Å². The molecule has 2 N–H and O–H groups in total. The van der Waals surface area contributed by atoms with Crippen LogP contribution in [0.5, 0.6) is 0 Å². The zero-order valence-electron chi connectivity index (χ0n) is 11.7. The Morgan fingerprint density at radius 1 is 1.53 bits per heavy atom. The summed E-state index contributed by atoms with van der Waals surface area (Å²) >= 11 is 0. The van der Waals surface area contributed by atoms with E-state index in [9.17, 15) is 0 Å². The van der Waals surface area contributed by atoms with Gasteiger partial charge in [0.15, 0.2) is 0 Å². The van der Waals surface area contributed by atoms with Gasteiger partial charge in [-0.25, -0.2) is 0 Å². The Kier molecular flexibility index (Phi) is 5.86. The lowest BCUT2D eigenvalue weighted by Gasteiger charge is -2.35. The summed E-state index contributed by atoms with van der Waals surface area (Å²) in [6.45, 7) is 12.6.